The van der Waals surface area contributed by atoms with Crippen molar-refractivity contribution in [1.82, 2.24) is 0 Å². The molecule has 31 heteroatoms. The lowest BCUT2D eigenvalue weighted by molar-refractivity contribution is -0.206. The fourth-order valence-electron chi connectivity index (χ4n) is 2.78. The van der Waals surface area contributed by atoms with Crippen LogP contribution in [0.15, 0.2) is 99.6 Å². The Morgan fingerprint density at radius 3 is 0.962 bits per heavy atom. The zero-order valence-electron chi connectivity index (χ0n) is 26.3. The molecule has 0 aromatic heterocycles. The SMILES string of the molecule is CCCCc1ccccc1[S+](c1ccccc1)c1ccccc1.O=P(O)(O)F.O=P(O)(O)F.O=P(O)(O)F.O=P(O)(O)F.O=P(O)(O)F.O=P([O-])(O)F. The van der Waals surface area contributed by atoms with Crippen molar-refractivity contribution >= 4 is 58.3 Å². The maximum atomic E-state index is 10.4. The Hall–Kier alpha value is -1.51. The fraction of sp³-hybridized carbons (Fsp3) is 0.182. The van der Waals surface area contributed by atoms with Crippen molar-refractivity contribution in [3.8, 4) is 0 Å². The van der Waals surface area contributed by atoms with Crippen molar-refractivity contribution in [1.29, 1.82) is 0 Å². The Labute approximate surface area is 300 Å². The summed E-state index contributed by atoms with van der Waals surface area (Å²) < 4.78 is 114. The molecule has 0 bridgehead atoms. The molecule has 3 aromatic carbocycles. The van der Waals surface area contributed by atoms with Gasteiger partial charge >= 0.3 is 47.4 Å². The molecular weight excluding hydrogens is 884 g/mol. The van der Waals surface area contributed by atoms with Crippen LogP contribution in [0.3, 0.4) is 0 Å². The standard InChI is InChI=1S/C22H23S.6FH2O3P/c1-2-3-12-19-13-10-11-18-22(19)23(20-14-6-4-7-15-20)21-16-8-5-9-17-21;6*1-5(2,3)4/h4-11,13-18H,2-3,12H2,1H3;6*(H2,2,3,4)/q+1;;;;;;/p-1. The van der Waals surface area contributed by atoms with E-state index < -0.39 is 47.4 Å². The molecule has 11 N–H and O–H groups in total. The van der Waals surface area contributed by atoms with Gasteiger partial charge in [-0.05, 0) is 43.2 Å². The minimum absolute atomic E-state index is 0.0297. The van der Waals surface area contributed by atoms with Crippen molar-refractivity contribution in [2.75, 3.05) is 0 Å². The average Bonchev–Trinajstić information content (AvgIpc) is 2.88. The highest BCUT2D eigenvalue weighted by molar-refractivity contribution is 7.97. The lowest BCUT2D eigenvalue weighted by Gasteiger charge is -2.11. The minimum atomic E-state index is -5.39. The normalized spacial score (nSPS) is 12.3. The number of hydrogen-bond acceptors (Lipinski definition) is 7. The molecule has 0 heterocycles. The summed E-state index contributed by atoms with van der Waals surface area (Å²) in [5.41, 5.74) is 1.49. The van der Waals surface area contributed by atoms with E-state index >= 15 is 0 Å². The molecule has 0 radical (unpaired) electrons. The molecule has 0 fully saturated rings. The van der Waals surface area contributed by atoms with Crippen molar-refractivity contribution in [3.05, 3.63) is 90.5 Å². The second-order valence-electron chi connectivity index (χ2n) is 8.46. The summed E-state index contributed by atoms with van der Waals surface area (Å²) >= 11 is 0. The lowest BCUT2D eigenvalue weighted by atomic mass is 10.1. The van der Waals surface area contributed by atoms with Gasteiger partial charge in [0.1, 0.15) is 0 Å². The molecule has 1 unspecified atom stereocenters. The van der Waals surface area contributed by atoms with Crippen molar-refractivity contribution < 1.29 is 111 Å². The summed E-state index contributed by atoms with van der Waals surface area (Å²) in [4.78, 5) is 89.3. The molecule has 0 amide bonds. The van der Waals surface area contributed by atoms with E-state index in [4.69, 9.17) is 86.1 Å². The van der Waals surface area contributed by atoms with E-state index in [2.05, 4.69) is 91.9 Å². The summed E-state index contributed by atoms with van der Waals surface area (Å²) in [7, 11) is -31.1. The van der Waals surface area contributed by atoms with E-state index in [0.29, 0.717) is 0 Å². The predicted octanol–water partition coefficient (Wildman–Crippen LogP) is 5.78. The molecule has 0 saturated carbocycles. The first-order valence-corrected chi connectivity index (χ1v) is 23.0. The Kier molecular flexibility index (Phi) is 30.7. The largest absolute Gasteiger partial charge is 0.753 e. The van der Waals surface area contributed by atoms with E-state index in [-0.39, 0.29) is 10.9 Å². The lowest BCUT2D eigenvalue weighted by Crippen LogP contribution is -2.07. The number of rotatable bonds is 6. The first kappa shape index (κ1) is 58.2. The maximum Gasteiger partial charge on any atom is 0.507 e. The third kappa shape index (κ3) is 69.0. The van der Waals surface area contributed by atoms with Crippen LogP contribution in [0.2, 0.25) is 0 Å². The molecule has 0 spiro atoms. The second kappa shape index (κ2) is 28.0. The van der Waals surface area contributed by atoms with Crippen LogP contribution < -0.4 is 4.89 Å². The van der Waals surface area contributed by atoms with Crippen molar-refractivity contribution in [2.24, 2.45) is 0 Å². The number of benzene rings is 3. The van der Waals surface area contributed by atoms with Crippen molar-refractivity contribution in [2.45, 2.75) is 40.9 Å². The Bertz CT molecular complexity index is 1460. The van der Waals surface area contributed by atoms with E-state index in [1.54, 1.807) is 0 Å². The minimum Gasteiger partial charge on any atom is -0.753 e. The van der Waals surface area contributed by atoms with E-state index in [1.165, 1.54) is 33.1 Å². The zero-order chi connectivity index (χ0) is 42.9. The van der Waals surface area contributed by atoms with Gasteiger partial charge in [0.15, 0.2) is 14.7 Å². The number of aryl methyl sites for hydroxylation is 1. The van der Waals surface area contributed by atoms with Gasteiger partial charge in [0.05, 0.1) is 10.9 Å². The van der Waals surface area contributed by atoms with E-state index in [9.17, 15) is 25.2 Å². The summed E-state index contributed by atoms with van der Waals surface area (Å²) in [6.07, 6.45) is 3.65. The highest BCUT2D eigenvalue weighted by Crippen LogP contribution is 2.37. The quantitative estimate of drug-likeness (QED) is 0.0792. The number of hydrogen-bond donors (Lipinski definition) is 11. The smallest absolute Gasteiger partial charge is 0.507 e. The summed E-state index contributed by atoms with van der Waals surface area (Å²) in [6.45, 7) is 2.26. The Morgan fingerprint density at radius 2 is 0.717 bits per heavy atom. The summed E-state index contributed by atoms with van der Waals surface area (Å²) in [6, 6.07) is 30.8. The van der Waals surface area contributed by atoms with Crippen LogP contribution in [0.5, 0.6) is 0 Å². The van der Waals surface area contributed by atoms with E-state index in [0.717, 1.165) is 6.42 Å². The monoisotopic (exact) mass is 918 g/mol. The van der Waals surface area contributed by atoms with Crippen LogP contribution in [0, 0.1) is 0 Å². The molecule has 0 saturated heterocycles. The van der Waals surface area contributed by atoms with Gasteiger partial charge in [0.25, 0.3) is 0 Å². The third-order valence-electron chi connectivity index (χ3n) is 3.95. The summed E-state index contributed by atoms with van der Waals surface area (Å²) in [5, 5.41) is 0. The predicted molar refractivity (Wildman–Crippen MR) is 177 cm³/mol. The Morgan fingerprint density at radius 1 is 0.491 bits per heavy atom. The molecule has 53 heavy (non-hydrogen) atoms. The first-order chi connectivity index (χ1) is 23.4. The van der Waals surface area contributed by atoms with Gasteiger partial charge in [-0.25, -0.2) is 22.8 Å². The second-order valence-corrected chi connectivity index (χ2v) is 16.1. The van der Waals surface area contributed by atoms with Gasteiger partial charge in [0.2, 0.25) is 0 Å². The molecule has 18 nitrogen and oxygen atoms in total. The van der Waals surface area contributed by atoms with Crippen LogP contribution >= 0.6 is 47.4 Å². The van der Waals surface area contributed by atoms with Gasteiger partial charge in [-0.1, -0.05) is 67.9 Å². The molecule has 1 atom stereocenters. The topological polar surface area (TPSA) is 348 Å². The number of unbranched alkanes of at least 4 members (excludes halogenated alkanes) is 1. The molecule has 0 aliphatic heterocycles. The van der Waals surface area contributed by atoms with Crippen LogP contribution in [0.1, 0.15) is 25.3 Å². The molecule has 308 valence electrons. The molecule has 3 rings (SSSR count). The van der Waals surface area contributed by atoms with Gasteiger partial charge in [-0.3, -0.25) is 53.5 Å². The third-order valence-corrected chi connectivity index (χ3v) is 6.28. The zero-order valence-corrected chi connectivity index (χ0v) is 32.5. The molecule has 0 aliphatic rings. The van der Waals surface area contributed by atoms with Gasteiger partial charge in [-0.2, -0.15) is 4.20 Å². The van der Waals surface area contributed by atoms with Crippen molar-refractivity contribution in [3.63, 3.8) is 0 Å². The first-order valence-electron chi connectivity index (χ1n) is 12.8. The molecule has 0 aliphatic carbocycles. The number of halogens is 6. The molecule has 3 aromatic rings. The van der Waals surface area contributed by atoms with Gasteiger partial charge in [-0.15, -0.1) is 21.0 Å². The summed E-state index contributed by atoms with van der Waals surface area (Å²) in [5.74, 6) is 0. The Balaban J connectivity index is -0.000000327. The van der Waals surface area contributed by atoms with Crippen LogP contribution in [-0.4, -0.2) is 53.8 Å². The average molecular weight is 918 g/mol. The van der Waals surface area contributed by atoms with Gasteiger partial charge < -0.3 is 9.79 Å². The van der Waals surface area contributed by atoms with Crippen LogP contribution in [-0.2, 0) is 44.7 Å². The van der Waals surface area contributed by atoms with Crippen LogP contribution in [0.4, 0.5) is 25.2 Å². The maximum absolute atomic E-state index is 10.4. The van der Waals surface area contributed by atoms with Crippen LogP contribution in [0.25, 0.3) is 0 Å². The highest BCUT2D eigenvalue weighted by atomic mass is 32.2. The van der Waals surface area contributed by atoms with Gasteiger partial charge in [0, 0.05) is 5.56 Å². The fourth-order valence-corrected chi connectivity index (χ4v) is 5.07. The highest BCUT2D eigenvalue weighted by Gasteiger charge is 2.30. The molecular formula is C22H34F6O18P6S. The van der Waals surface area contributed by atoms with E-state index in [1.807, 2.05) is 0 Å².